The number of piperidine rings is 1. The first-order chi connectivity index (χ1) is 18.6. The molecule has 0 amide bonds. The minimum Gasteiger partial charge on any atom is -0.506 e. The van der Waals surface area contributed by atoms with Crippen molar-refractivity contribution in [3.8, 4) is 17.0 Å². The first-order valence-electron chi connectivity index (χ1n) is 14.0. The molecule has 3 unspecified atom stereocenters. The van der Waals surface area contributed by atoms with Crippen LogP contribution in [0.3, 0.4) is 0 Å². The number of nitrogens with one attached hydrogen (secondary N) is 1. The van der Waals surface area contributed by atoms with Crippen LogP contribution in [0.4, 0.5) is 11.5 Å². The molecule has 3 saturated carbocycles. The molecule has 4 heterocycles. The minimum atomic E-state index is 0.0162. The Hall–Kier alpha value is -2.97. The third kappa shape index (κ3) is 4.00. The van der Waals surface area contributed by atoms with Gasteiger partial charge >= 0.3 is 0 Å². The Morgan fingerprint density at radius 2 is 1.87 bits per heavy atom. The summed E-state index contributed by atoms with van der Waals surface area (Å²) in [5, 5.41) is 22.7. The van der Waals surface area contributed by atoms with Crippen molar-refractivity contribution < 1.29 is 5.11 Å². The van der Waals surface area contributed by atoms with Crippen LogP contribution in [0.15, 0.2) is 36.5 Å². The maximum absolute atomic E-state index is 10.5. The molecule has 9 heteroatoms. The van der Waals surface area contributed by atoms with E-state index in [0.29, 0.717) is 57.6 Å². The molecule has 3 aromatic rings. The maximum Gasteiger partial charge on any atom is 0.169 e. The standard InChI is InChI=1S/C29H34ClN7O/c30-21-3-1-2-19(27(21)38)23-15-24(28(31)36-35-23)37-12-7-17-14-20-18(8-13-37)25(17)26(20)29-33-11-6-22(34-29)16-4-9-32-10-5-16/h1-3,6,11,15-18,20,25-26,32,38H,4-5,7-10,12-14H2,(H2,31,36)/t17-,18+,20?,25?,26?/m0/s1. The zero-order valence-corrected chi connectivity index (χ0v) is 22.2. The lowest BCUT2D eigenvalue weighted by Gasteiger charge is -2.47. The molecule has 0 spiro atoms. The Balaban J connectivity index is 1.09. The fraction of sp³-hybridized carbons (Fsp3) is 0.517. The maximum atomic E-state index is 10.5. The number of aromatic hydroxyl groups is 1. The smallest absolute Gasteiger partial charge is 0.169 e. The summed E-state index contributed by atoms with van der Waals surface area (Å²) >= 11 is 6.14. The van der Waals surface area contributed by atoms with Crippen LogP contribution >= 0.6 is 11.6 Å². The summed E-state index contributed by atoms with van der Waals surface area (Å²) in [4.78, 5) is 12.3. The number of benzene rings is 1. The normalized spacial score (nSPS) is 29.0. The summed E-state index contributed by atoms with van der Waals surface area (Å²) in [6.07, 6.45) is 7.88. The third-order valence-electron chi connectivity index (χ3n) is 9.70. The van der Waals surface area contributed by atoms with Crippen LogP contribution in [0.1, 0.15) is 55.5 Å². The van der Waals surface area contributed by atoms with Gasteiger partial charge in [-0.3, -0.25) is 0 Å². The molecular weight excluding hydrogens is 498 g/mol. The number of para-hydroxylation sites is 1. The van der Waals surface area contributed by atoms with Gasteiger partial charge in [-0.25, -0.2) is 9.97 Å². The Morgan fingerprint density at radius 3 is 2.74 bits per heavy atom. The quantitative estimate of drug-likeness (QED) is 0.447. The molecule has 8 rings (SSSR count). The average molecular weight is 532 g/mol. The second-order valence-electron chi connectivity index (χ2n) is 11.5. The van der Waals surface area contributed by atoms with Crippen LogP contribution in [0.2, 0.25) is 5.02 Å². The summed E-state index contributed by atoms with van der Waals surface area (Å²) < 4.78 is 0. The fourth-order valence-electron chi connectivity index (χ4n) is 7.88. The molecule has 4 bridgehead atoms. The van der Waals surface area contributed by atoms with Gasteiger partial charge in [0.05, 0.1) is 16.4 Å². The molecule has 5 fully saturated rings. The molecule has 2 saturated heterocycles. The van der Waals surface area contributed by atoms with E-state index in [1.165, 1.54) is 25.0 Å². The van der Waals surface area contributed by atoms with Crippen LogP contribution < -0.4 is 16.0 Å². The van der Waals surface area contributed by atoms with Crippen LogP contribution in [-0.4, -0.2) is 51.5 Å². The summed E-state index contributed by atoms with van der Waals surface area (Å²) in [5.41, 5.74) is 9.60. The van der Waals surface area contributed by atoms with Crippen LogP contribution in [0.25, 0.3) is 11.3 Å². The molecule has 3 aliphatic carbocycles. The number of phenolic OH excluding ortho intramolecular Hbond substituents is 1. The van der Waals surface area contributed by atoms with E-state index in [2.05, 4.69) is 26.5 Å². The lowest BCUT2D eigenvalue weighted by molar-refractivity contribution is 0.0767. The molecule has 2 aromatic heterocycles. The molecule has 0 radical (unpaired) electrons. The van der Waals surface area contributed by atoms with Crippen molar-refractivity contribution in [2.75, 3.05) is 36.8 Å². The highest BCUT2D eigenvalue weighted by Crippen LogP contribution is 2.67. The number of nitrogens with zero attached hydrogens (tertiary/aromatic N) is 5. The van der Waals surface area contributed by atoms with Gasteiger partial charge in [-0.1, -0.05) is 17.7 Å². The average Bonchev–Trinajstić information content (AvgIpc) is 3.51. The molecular formula is C29H34ClN7O. The highest BCUT2D eigenvalue weighted by Gasteiger charge is 2.61. The Labute approximate surface area is 228 Å². The molecule has 198 valence electrons. The van der Waals surface area contributed by atoms with Gasteiger partial charge in [0.1, 0.15) is 11.6 Å². The molecule has 5 aliphatic rings. The Morgan fingerprint density at radius 1 is 1.03 bits per heavy atom. The second kappa shape index (κ2) is 9.65. The van der Waals surface area contributed by atoms with Gasteiger partial charge in [0.25, 0.3) is 0 Å². The Bertz CT molecular complexity index is 1340. The molecule has 1 aromatic carbocycles. The van der Waals surface area contributed by atoms with Crippen LogP contribution in [-0.2, 0) is 0 Å². The van der Waals surface area contributed by atoms with Crippen molar-refractivity contribution in [3.05, 3.63) is 53.1 Å². The van der Waals surface area contributed by atoms with Crippen molar-refractivity contribution in [3.63, 3.8) is 0 Å². The highest BCUT2D eigenvalue weighted by molar-refractivity contribution is 6.32. The van der Waals surface area contributed by atoms with Gasteiger partial charge in [0, 0.05) is 42.4 Å². The van der Waals surface area contributed by atoms with Crippen molar-refractivity contribution in [2.24, 2.45) is 23.7 Å². The number of hydrogen-bond donors (Lipinski definition) is 3. The van der Waals surface area contributed by atoms with Gasteiger partial charge in [0.15, 0.2) is 5.82 Å². The first-order valence-corrected chi connectivity index (χ1v) is 14.4. The zero-order valence-electron chi connectivity index (χ0n) is 21.4. The summed E-state index contributed by atoms with van der Waals surface area (Å²) in [7, 11) is 0. The van der Waals surface area contributed by atoms with E-state index in [-0.39, 0.29) is 5.75 Å². The molecule has 2 aliphatic heterocycles. The van der Waals surface area contributed by atoms with Crippen molar-refractivity contribution >= 4 is 23.1 Å². The number of nitrogen functional groups attached to an aromatic ring is 1. The van der Waals surface area contributed by atoms with E-state index >= 15 is 0 Å². The number of rotatable bonds is 4. The van der Waals surface area contributed by atoms with Crippen LogP contribution in [0.5, 0.6) is 5.75 Å². The summed E-state index contributed by atoms with van der Waals surface area (Å²) in [6, 6.07) is 9.35. The minimum absolute atomic E-state index is 0.0162. The number of hydrogen-bond acceptors (Lipinski definition) is 8. The predicted octanol–water partition coefficient (Wildman–Crippen LogP) is 4.61. The van der Waals surface area contributed by atoms with Crippen molar-refractivity contribution in [1.29, 1.82) is 0 Å². The lowest BCUT2D eigenvalue weighted by Crippen LogP contribution is -2.44. The van der Waals surface area contributed by atoms with Gasteiger partial charge in [-0.15, -0.1) is 10.2 Å². The number of aromatic nitrogens is 4. The van der Waals surface area contributed by atoms with Crippen LogP contribution in [0, 0.1) is 23.7 Å². The van der Waals surface area contributed by atoms with E-state index in [9.17, 15) is 5.11 Å². The number of phenols is 1. The number of nitrogens with two attached hydrogens (primary N) is 1. The molecule has 8 nitrogen and oxygen atoms in total. The predicted molar refractivity (Wildman–Crippen MR) is 148 cm³/mol. The third-order valence-corrected chi connectivity index (χ3v) is 10.0. The molecule has 4 N–H and O–H groups in total. The zero-order chi connectivity index (χ0) is 25.8. The number of anilines is 2. The van der Waals surface area contributed by atoms with Crippen molar-refractivity contribution in [1.82, 2.24) is 25.5 Å². The Kier molecular flexibility index (Phi) is 6.12. The highest BCUT2D eigenvalue weighted by atomic mass is 35.5. The van der Waals surface area contributed by atoms with Crippen molar-refractivity contribution in [2.45, 2.75) is 43.9 Å². The number of halogens is 1. The fourth-order valence-corrected chi connectivity index (χ4v) is 8.06. The molecule has 38 heavy (non-hydrogen) atoms. The topological polar surface area (TPSA) is 113 Å². The largest absolute Gasteiger partial charge is 0.506 e. The molecule has 5 atom stereocenters. The van der Waals surface area contributed by atoms with E-state index in [1.807, 2.05) is 12.3 Å². The SMILES string of the molecule is Nc1nnc(-c2cccc(Cl)c2O)cc1N1CC[C@H]2CC3C(c4nccc(C5CCNCC5)n4)C2[C@@H]3CC1. The van der Waals surface area contributed by atoms with E-state index in [4.69, 9.17) is 27.3 Å². The van der Waals surface area contributed by atoms with Gasteiger partial charge in [0.2, 0.25) is 0 Å². The second-order valence-corrected chi connectivity index (χ2v) is 11.9. The summed E-state index contributed by atoms with van der Waals surface area (Å²) in [6.45, 7) is 4.03. The van der Waals surface area contributed by atoms with E-state index in [0.717, 1.165) is 50.5 Å². The van der Waals surface area contributed by atoms with Gasteiger partial charge in [-0.2, -0.15) is 0 Å². The monoisotopic (exact) mass is 531 g/mol. The first kappa shape index (κ1) is 24.1. The lowest BCUT2D eigenvalue weighted by atomic mass is 9.60. The van der Waals surface area contributed by atoms with Gasteiger partial charge in [-0.05, 0) is 93.1 Å². The van der Waals surface area contributed by atoms with Gasteiger partial charge < -0.3 is 21.1 Å². The van der Waals surface area contributed by atoms with E-state index < -0.39 is 0 Å². The summed E-state index contributed by atoms with van der Waals surface area (Å²) in [5.74, 6) is 5.40. The van der Waals surface area contributed by atoms with E-state index in [1.54, 1.807) is 18.2 Å².